The SMILES string of the molecule is Brc1ccc(/C=N/c2nc(-c3ccccc3)cs2)cc1. The summed E-state index contributed by atoms with van der Waals surface area (Å²) >= 11 is 4.96. The molecule has 0 fully saturated rings. The number of nitrogens with zero attached hydrogens (tertiary/aromatic N) is 2. The van der Waals surface area contributed by atoms with Gasteiger partial charge >= 0.3 is 0 Å². The minimum absolute atomic E-state index is 0.770. The maximum absolute atomic E-state index is 4.52. The highest BCUT2D eigenvalue weighted by molar-refractivity contribution is 9.10. The normalized spacial score (nSPS) is 11.1. The Morgan fingerprint density at radius 2 is 1.75 bits per heavy atom. The van der Waals surface area contributed by atoms with Crippen LogP contribution in [0, 0.1) is 0 Å². The highest BCUT2D eigenvalue weighted by atomic mass is 79.9. The molecule has 0 unspecified atom stereocenters. The minimum atomic E-state index is 0.770. The quantitative estimate of drug-likeness (QED) is 0.591. The summed E-state index contributed by atoms with van der Waals surface area (Å²) in [5.74, 6) is 0. The second kappa shape index (κ2) is 6.11. The van der Waals surface area contributed by atoms with Crippen LogP contribution in [-0.4, -0.2) is 11.2 Å². The Labute approximate surface area is 130 Å². The first kappa shape index (κ1) is 13.2. The molecule has 0 amide bonds. The molecule has 4 heteroatoms. The van der Waals surface area contributed by atoms with Gasteiger partial charge in [-0.2, -0.15) is 0 Å². The molecule has 0 aliphatic heterocycles. The standard InChI is InChI=1S/C16H11BrN2S/c17-14-8-6-12(7-9-14)10-18-16-19-15(11-20-16)13-4-2-1-3-5-13/h1-11H/b18-10+. The van der Waals surface area contributed by atoms with E-state index in [0.717, 1.165) is 26.4 Å². The van der Waals surface area contributed by atoms with Gasteiger partial charge in [-0.25, -0.2) is 9.98 Å². The summed E-state index contributed by atoms with van der Waals surface area (Å²) in [6.07, 6.45) is 1.83. The van der Waals surface area contributed by atoms with Gasteiger partial charge in [0.25, 0.3) is 0 Å². The molecular formula is C16H11BrN2S. The first-order valence-electron chi connectivity index (χ1n) is 6.12. The van der Waals surface area contributed by atoms with E-state index in [0.29, 0.717) is 0 Å². The second-order valence-electron chi connectivity index (χ2n) is 4.19. The summed E-state index contributed by atoms with van der Waals surface area (Å²) in [6.45, 7) is 0. The lowest BCUT2D eigenvalue weighted by molar-refractivity contribution is 1.36. The Morgan fingerprint density at radius 3 is 2.50 bits per heavy atom. The maximum atomic E-state index is 4.52. The number of benzene rings is 2. The van der Waals surface area contributed by atoms with Crippen LogP contribution in [0.3, 0.4) is 0 Å². The van der Waals surface area contributed by atoms with Crippen LogP contribution in [0.5, 0.6) is 0 Å². The number of hydrogen-bond acceptors (Lipinski definition) is 3. The minimum Gasteiger partial charge on any atom is -0.227 e. The Balaban J connectivity index is 1.79. The lowest BCUT2D eigenvalue weighted by atomic mass is 10.2. The van der Waals surface area contributed by atoms with E-state index in [1.54, 1.807) is 11.3 Å². The van der Waals surface area contributed by atoms with Gasteiger partial charge in [-0.15, -0.1) is 11.3 Å². The van der Waals surface area contributed by atoms with Crippen LogP contribution in [0.2, 0.25) is 0 Å². The first-order chi connectivity index (χ1) is 9.81. The molecule has 1 heterocycles. The fourth-order valence-electron chi connectivity index (χ4n) is 1.74. The molecule has 3 rings (SSSR count). The number of halogens is 1. The van der Waals surface area contributed by atoms with E-state index in [1.165, 1.54) is 0 Å². The van der Waals surface area contributed by atoms with Crippen molar-refractivity contribution >= 4 is 38.6 Å². The summed E-state index contributed by atoms with van der Waals surface area (Å²) in [6, 6.07) is 18.2. The average Bonchev–Trinajstić information content (AvgIpc) is 2.97. The molecular weight excluding hydrogens is 332 g/mol. The van der Waals surface area contributed by atoms with Gasteiger partial charge in [0, 0.05) is 21.6 Å². The smallest absolute Gasteiger partial charge is 0.209 e. The highest BCUT2D eigenvalue weighted by Gasteiger charge is 2.02. The lowest BCUT2D eigenvalue weighted by Gasteiger charge is -1.93. The number of aromatic nitrogens is 1. The molecule has 0 saturated heterocycles. The molecule has 0 aliphatic rings. The monoisotopic (exact) mass is 342 g/mol. The van der Waals surface area contributed by atoms with Gasteiger partial charge in [0.15, 0.2) is 0 Å². The lowest BCUT2D eigenvalue weighted by Crippen LogP contribution is -1.79. The zero-order chi connectivity index (χ0) is 13.8. The van der Waals surface area contributed by atoms with Crippen molar-refractivity contribution < 1.29 is 0 Å². The third kappa shape index (κ3) is 3.21. The molecule has 0 bridgehead atoms. The average molecular weight is 343 g/mol. The summed E-state index contributed by atoms with van der Waals surface area (Å²) in [5, 5.41) is 2.80. The second-order valence-corrected chi connectivity index (χ2v) is 5.94. The molecule has 0 saturated carbocycles. The van der Waals surface area contributed by atoms with Gasteiger partial charge in [0.2, 0.25) is 5.13 Å². The fourth-order valence-corrected chi connectivity index (χ4v) is 2.68. The molecule has 98 valence electrons. The van der Waals surface area contributed by atoms with Crippen molar-refractivity contribution in [3.63, 3.8) is 0 Å². The van der Waals surface area contributed by atoms with Crippen molar-refractivity contribution in [1.82, 2.24) is 4.98 Å². The molecule has 0 aliphatic carbocycles. The zero-order valence-electron chi connectivity index (χ0n) is 10.5. The van der Waals surface area contributed by atoms with E-state index in [1.807, 2.05) is 54.1 Å². The van der Waals surface area contributed by atoms with E-state index in [4.69, 9.17) is 0 Å². The molecule has 20 heavy (non-hydrogen) atoms. The number of hydrogen-bond donors (Lipinski definition) is 0. The Hall–Kier alpha value is -1.78. The van der Waals surface area contributed by atoms with Gasteiger partial charge in [0.05, 0.1) is 5.69 Å². The van der Waals surface area contributed by atoms with Crippen LogP contribution in [0.25, 0.3) is 11.3 Å². The largest absolute Gasteiger partial charge is 0.227 e. The summed E-state index contributed by atoms with van der Waals surface area (Å²) in [7, 11) is 0. The van der Waals surface area contributed by atoms with Gasteiger partial charge in [-0.3, -0.25) is 0 Å². The van der Waals surface area contributed by atoms with Gasteiger partial charge < -0.3 is 0 Å². The van der Waals surface area contributed by atoms with Crippen molar-refractivity contribution in [2.24, 2.45) is 4.99 Å². The van der Waals surface area contributed by atoms with Crippen LogP contribution in [-0.2, 0) is 0 Å². The molecule has 2 aromatic carbocycles. The number of rotatable bonds is 3. The summed E-state index contributed by atoms with van der Waals surface area (Å²) in [5.41, 5.74) is 3.15. The van der Waals surface area contributed by atoms with Gasteiger partial charge in [-0.05, 0) is 17.7 Å². The van der Waals surface area contributed by atoms with Gasteiger partial charge in [-0.1, -0.05) is 58.4 Å². The first-order valence-corrected chi connectivity index (χ1v) is 7.79. The van der Waals surface area contributed by atoms with Crippen molar-refractivity contribution in [2.75, 3.05) is 0 Å². The predicted molar refractivity (Wildman–Crippen MR) is 88.9 cm³/mol. The van der Waals surface area contributed by atoms with E-state index in [9.17, 15) is 0 Å². The van der Waals surface area contributed by atoms with Crippen LogP contribution < -0.4 is 0 Å². The van der Waals surface area contributed by atoms with Crippen molar-refractivity contribution in [3.8, 4) is 11.3 Å². The fraction of sp³-hybridized carbons (Fsp3) is 0. The molecule has 0 spiro atoms. The predicted octanol–water partition coefficient (Wildman–Crippen LogP) is 5.32. The summed E-state index contributed by atoms with van der Waals surface area (Å²) in [4.78, 5) is 8.94. The molecule has 0 atom stereocenters. The topological polar surface area (TPSA) is 25.2 Å². The van der Waals surface area contributed by atoms with Crippen molar-refractivity contribution in [2.45, 2.75) is 0 Å². The Bertz CT molecular complexity index is 718. The Kier molecular flexibility index (Phi) is 4.04. The molecule has 0 radical (unpaired) electrons. The third-order valence-electron chi connectivity index (χ3n) is 2.76. The van der Waals surface area contributed by atoms with Crippen LogP contribution >= 0.6 is 27.3 Å². The number of thiazole rings is 1. The van der Waals surface area contributed by atoms with Crippen LogP contribution in [0.15, 0.2) is 69.4 Å². The third-order valence-corrected chi connectivity index (χ3v) is 4.03. The van der Waals surface area contributed by atoms with Crippen molar-refractivity contribution in [1.29, 1.82) is 0 Å². The van der Waals surface area contributed by atoms with E-state index in [2.05, 4.69) is 38.0 Å². The van der Waals surface area contributed by atoms with E-state index >= 15 is 0 Å². The molecule has 0 N–H and O–H groups in total. The highest BCUT2D eigenvalue weighted by Crippen LogP contribution is 2.26. The maximum Gasteiger partial charge on any atom is 0.209 e. The van der Waals surface area contributed by atoms with Crippen LogP contribution in [0.1, 0.15) is 5.56 Å². The zero-order valence-corrected chi connectivity index (χ0v) is 12.9. The molecule has 2 nitrogen and oxygen atoms in total. The van der Waals surface area contributed by atoms with E-state index < -0.39 is 0 Å². The molecule has 1 aromatic heterocycles. The van der Waals surface area contributed by atoms with Crippen molar-refractivity contribution in [3.05, 3.63) is 70.0 Å². The molecule has 3 aromatic rings. The van der Waals surface area contributed by atoms with Gasteiger partial charge in [0.1, 0.15) is 0 Å². The summed E-state index contributed by atoms with van der Waals surface area (Å²) < 4.78 is 1.07. The van der Waals surface area contributed by atoms with E-state index in [-0.39, 0.29) is 0 Å². The Morgan fingerprint density at radius 1 is 1.00 bits per heavy atom. The number of aliphatic imine (C=N–C) groups is 1. The van der Waals surface area contributed by atoms with Crippen LogP contribution in [0.4, 0.5) is 5.13 Å².